The van der Waals surface area contributed by atoms with Crippen LogP contribution in [0.15, 0.2) is 223 Å². The van der Waals surface area contributed by atoms with Gasteiger partial charge in [-0.15, -0.1) is 0 Å². The second kappa shape index (κ2) is 13.6. The molecule has 9 aromatic carbocycles. The Bertz CT molecular complexity index is 3160. The minimum atomic E-state index is 0.892. The van der Waals surface area contributed by atoms with Crippen LogP contribution in [0, 0.1) is 0 Å². The highest BCUT2D eigenvalue weighted by atomic mass is 16.3. The van der Waals surface area contributed by atoms with Crippen molar-refractivity contribution >= 4 is 60.8 Å². The molecule has 3 heteroatoms. The molecule has 0 spiro atoms. The average molecular weight is 729 g/mol. The summed E-state index contributed by atoms with van der Waals surface area (Å²) >= 11 is 0. The molecule has 0 amide bonds. The lowest BCUT2D eigenvalue weighted by molar-refractivity contribution is 0.670. The van der Waals surface area contributed by atoms with Gasteiger partial charge in [0.1, 0.15) is 11.2 Å². The van der Waals surface area contributed by atoms with E-state index in [0.717, 1.165) is 66.9 Å². The van der Waals surface area contributed by atoms with Crippen molar-refractivity contribution in [1.29, 1.82) is 0 Å². The van der Waals surface area contributed by atoms with Gasteiger partial charge in [0.05, 0.1) is 11.0 Å². The van der Waals surface area contributed by atoms with Crippen LogP contribution in [0.25, 0.3) is 82.8 Å². The molecule has 57 heavy (non-hydrogen) atoms. The van der Waals surface area contributed by atoms with E-state index in [9.17, 15) is 0 Å². The Kier molecular flexibility index (Phi) is 7.82. The summed E-state index contributed by atoms with van der Waals surface area (Å²) in [4.78, 5) is 2.37. The third-order valence-electron chi connectivity index (χ3n) is 11.2. The highest BCUT2D eigenvalue weighted by Crippen LogP contribution is 2.43. The summed E-state index contributed by atoms with van der Waals surface area (Å²) in [5.74, 6) is 0. The second-order valence-corrected chi connectivity index (χ2v) is 14.5. The van der Waals surface area contributed by atoms with Crippen LogP contribution in [0.3, 0.4) is 0 Å². The topological polar surface area (TPSA) is 21.3 Å². The maximum Gasteiger partial charge on any atom is 0.143 e. The molecular formula is C54H36N2O. The minimum absolute atomic E-state index is 0.892. The van der Waals surface area contributed by atoms with Gasteiger partial charge in [0.2, 0.25) is 0 Å². The fourth-order valence-corrected chi connectivity index (χ4v) is 8.50. The van der Waals surface area contributed by atoms with Gasteiger partial charge in [-0.1, -0.05) is 146 Å². The van der Waals surface area contributed by atoms with E-state index in [-0.39, 0.29) is 0 Å². The van der Waals surface area contributed by atoms with E-state index in [0.29, 0.717) is 0 Å². The van der Waals surface area contributed by atoms with Crippen LogP contribution in [-0.4, -0.2) is 4.57 Å². The molecular weight excluding hydrogens is 693 g/mol. The number of hydrogen-bond donors (Lipinski definition) is 0. The molecule has 11 aromatic rings. The van der Waals surface area contributed by atoms with Crippen molar-refractivity contribution in [2.24, 2.45) is 0 Å². The molecule has 0 radical (unpaired) electrons. The molecule has 0 aliphatic carbocycles. The second-order valence-electron chi connectivity index (χ2n) is 14.5. The predicted octanol–water partition coefficient (Wildman–Crippen LogP) is 15.2. The zero-order valence-electron chi connectivity index (χ0n) is 31.1. The number of furan rings is 1. The SMILES string of the molecule is c1ccc(-c2ccc(N(c3ccc(-n4c5ccccc5c5ccccc54)cc3)c3cc(-c4ccccc4)cc(-c4cccc5c4oc4ccccc45)c3)cc2)cc1. The highest BCUT2D eigenvalue weighted by molar-refractivity contribution is 6.10. The molecule has 0 aliphatic rings. The maximum absolute atomic E-state index is 6.60. The van der Waals surface area contributed by atoms with Gasteiger partial charge >= 0.3 is 0 Å². The van der Waals surface area contributed by atoms with Crippen molar-refractivity contribution in [2.45, 2.75) is 0 Å². The molecule has 2 heterocycles. The number of anilines is 3. The Morgan fingerprint density at radius 2 is 0.842 bits per heavy atom. The van der Waals surface area contributed by atoms with Crippen molar-refractivity contribution < 1.29 is 4.42 Å². The fourth-order valence-electron chi connectivity index (χ4n) is 8.50. The van der Waals surface area contributed by atoms with Gasteiger partial charge in [-0.05, 0) is 101 Å². The van der Waals surface area contributed by atoms with E-state index in [4.69, 9.17) is 4.42 Å². The smallest absolute Gasteiger partial charge is 0.143 e. The molecule has 0 aliphatic heterocycles. The van der Waals surface area contributed by atoms with Gasteiger partial charge in [0.25, 0.3) is 0 Å². The molecule has 2 aromatic heterocycles. The molecule has 0 saturated carbocycles. The van der Waals surface area contributed by atoms with E-state index in [1.807, 2.05) is 6.07 Å². The Morgan fingerprint density at radius 3 is 1.51 bits per heavy atom. The first-order valence-electron chi connectivity index (χ1n) is 19.4. The van der Waals surface area contributed by atoms with Crippen LogP contribution in [0.4, 0.5) is 17.1 Å². The first-order valence-corrected chi connectivity index (χ1v) is 19.4. The lowest BCUT2D eigenvalue weighted by Gasteiger charge is -2.27. The lowest BCUT2D eigenvalue weighted by Crippen LogP contribution is -2.10. The van der Waals surface area contributed by atoms with Gasteiger partial charge in [0, 0.05) is 49.9 Å². The number of para-hydroxylation sites is 4. The van der Waals surface area contributed by atoms with Gasteiger partial charge in [0.15, 0.2) is 0 Å². The Morgan fingerprint density at radius 1 is 0.333 bits per heavy atom. The first-order chi connectivity index (χ1) is 28.3. The summed E-state index contributed by atoms with van der Waals surface area (Å²) in [5, 5.41) is 4.74. The maximum atomic E-state index is 6.60. The van der Waals surface area contributed by atoms with Crippen molar-refractivity contribution in [3.05, 3.63) is 218 Å². The molecule has 0 unspecified atom stereocenters. The third-order valence-corrected chi connectivity index (χ3v) is 11.2. The van der Waals surface area contributed by atoms with Crippen molar-refractivity contribution in [3.63, 3.8) is 0 Å². The number of rotatable bonds is 7. The van der Waals surface area contributed by atoms with Crippen LogP contribution in [0.1, 0.15) is 0 Å². The van der Waals surface area contributed by atoms with Crippen molar-refractivity contribution in [1.82, 2.24) is 4.57 Å². The quantitative estimate of drug-likeness (QED) is 0.163. The normalized spacial score (nSPS) is 11.5. The first kappa shape index (κ1) is 32.8. The molecule has 0 saturated heterocycles. The number of nitrogens with zero attached hydrogens (tertiary/aromatic N) is 2. The Labute approximate surface area is 330 Å². The number of fused-ring (bicyclic) bond motifs is 6. The molecule has 0 fully saturated rings. The average Bonchev–Trinajstić information content (AvgIpc) is 3.84. The number of aromatic nitrogens is 1. The van der Waals surface area contributed by atoms with Crippen LogP contribution < -0.4 is 4.90 Å². The van der Waals surface area contributed by atoms with Crippen LogP contribution in [0.5, 0.6) is 0 Å². The molecule has 3 nitrogen and oxygen atoms in total. The summed E-state index contributed by atoms with van der Waals surface area (Å²) in [5.41, 5.74) is 15.3. The minimum Gasteiger partial charge on any atom is -0.455 e. The van der Waals surface area contributed by atoms with E-state index in [1.165, 1.54) is 32.9 Å². The summed E-state index contributed by atoms with van der Waals surface area (Å²) in [7, 11) is 0. The number of benzene rings is 9. The monoisotopic (exact) mass is 728 g/mol. The van der Waals surface area contributed by atoms with Crippen LogP contribution in [0.2, 0.25) is 0 Å². The van der Waals surface area contributed by atoms with Gasteiger partial charge in [-0.3, -0.25) is 0 Å². The van der Waals surface area contributed by atoms with Gasteiger partial charge in [-0.25, -0.2) is 0 Å². The number of hydrogen-bond acceptors (Lipinski definition) is 2. The van der Waals surface area contributed by atoms with E-state index in [2.05, 4.69) is 222 Å². The molecule has 11 rings (SSSR count). The van der Waals surface area contributed by atoms with E-state index >= 15 is 0 Å². The molecule has 0 N–H and O–H groups in total. The van der Waals surface area contributed by atoms with Crippen molar-refractivity contribution in [3.8, 4) is 39.1 Å². The Hall–Kier alpha value is -7.62. The largest absolute Gasteiger partial charge is 0.455 e. The van der Waals surface area contributed by atoms with E-state index in [1.54, 1.807) is 0 Å². The van der Waals surface area contributed by atoms with Crippen LogP contribution >= 0.6 is 0 Å². The fraction of sp³-hybridized carbons (Fsp3) is 0. The third kappa shape index (κ3) is 5.68. The highest BCUT2D eigenvalue weighted by Gasteiger charge is 2.19. The lowest BCUT2D eigenvalue weighted by atomic mass is 9.96. The van der Waals surface area contributed by atoms with E-state index < -0.39 is 0 Å². The summed E-state index contributed by atoms with van der Waals surface area (Å²) < 4.78 is 8.97. The van der Waals surface area contributed by atoms with Gasteiger partial charge in [-0.2, -0.15) is 0 Å². The zero-order valence-corrected chi connectivity index (χ0v) is 31.1. The molecule has 0 atom stereocenters. The van der Waals surface area contributed by atoms with Crippen molar-refractivity contribution in [2.75, 3.05) is 4.90 Å². The molecule has 268 valence electrons. The molecule has 0 bridgehead atoms. The Balaban J connectivity index is 1.11. The van der Waals surface area contributed by atoms with Crippen LogP contribution in [-0.2, 0) is 0 Å². The van der Waals surface area contributed by atoms with Gasteiger partial charge < -0.3 is 13.9 Å². The predicted molar refractivity (Wildman–Crippen MR) is 239 cm³/mol. The summed E-state index contributed by atoms with van der Waals surface area (Å²) in [6.45, 7) is 0. The zero-order chi connectivity index (χ0) is 37.7. The summed E-state index contributed by atoms with van der Waals surface area (Å²) in [6, 6.07) is 78.1. The summed E-state index contributed by atoms with van der Waals surface area (Å²) in [6.07, 6.45) is 0. The standard InChI is InChI=1S/C54H36N2O/c1-3-14-37(15-4-1)39-26-28-42(29-27-39)55(43-30-32-44(33-31-43)56-51-23-10-7-18-47(51)48-19-8-11-24-52(48)56)45-35-40(38-16-5-2-6-17-38)34-41(36-45)46-21-13-22-50-49-20-9-12-25-53(49)57-54(46)50/h1-36H.